The highest BCUT2D eigenvalue weighted by Crippen LogP contribution is 2.14. The lowest BCUT2D eigenvalue weighted by atomic mass is 10.0. The molecular weight excluding hydrogens is 390 g/mol. The maximum atomic E-state index is 11.5. The Balaban J connectivity index is 3.15. The number of unbranched alkanes of at least 4 members (excludes halogenated alkanes) is 19. The molecule has 1 unspecified atom stereocenters. The van der Waals surface area contributed by atoms with Gasteiger partial charge in [-0.15, -0.1) is 0 Å². The summed E-state index contributed by atoms with van der Waals surface area (Å²) in [6.07, 6.45) is 24.7. The highest BCUT2D eigenvalue weighted by Gasteiger charge is 2.17. The van der Waals surface area contributed by atoms with Crippen molar-refractivity contribution in [2.75, 3.05) is 6.54 Å². The lowest BCUT2D eigenvalue weighted by molar-refractivity contribution is -0.143. The standard InChI is InChI=1S/C26H51NO4/c1-2-3-4-5-6-7-8-9-10-11-12-13-14-15-16-17-18-19-20-21-22-27-26(31)24(28)23-25(29)30/h24,28H,2-23H2,1H3,(H,27,31)(H,29,30). The van der Waals surface area contributed by atoms with E-state index in [2.05, 4.69) is 12.2 Å². The second kappa shape index (κ2) is 23.6. The van der Waals surface area contributed by atoms with Crippen molar-refractivity contribution in [2.45, 2.75) is 148 Å². The minimum Gasteiger partial charge on any atom is -0.481 e. The van der Waals surface area contributed by atoms with Gasteiger partial charge >= 0.3 is 5.97 Å². The molecule has 0 rings (SSSR count). The summed E-state index contributed by atoms with van der Waals surface area (Å²) >= 11 is 0. The molecule has 0 saturated heterocycles. The van der Waals surface area contributed by atoms with E-state index in [0.29, 0.717) is 6.54 Å². The Bertz CT molecular complexity index is 414. The number of hydrogen-bond acceptors (Lipinski definition) is 3. The zero-order chi connectivity index (χ0) is 23.0. The number of carboxylic acids is 1. The summed E-state index contributed by atoms with van der Waals surface area (Å²) in [5.41, 5.74) is 0. The number of aliphatic hydroxyl groups is 1. The van der Waals surface area contributed by atoms with Gasteiger partial charge in [-0.1, -0.05) is 129 Å². The van der Waals surface area contributed by atoms with Crippen LogP contribution in [0.4, 0.5) is 0 Å². The molecule has 184 valence electrons. The molecule has 3 N–H and O–H groups in total. The quantitative estimate of drug-likeness (QED) is 0.144. The zero-order valence-corrected chi connectivity index (χ0v) is 20.3. The second-order valence-corrected chi connectivity index (χ2v) is 9.12. The van der Waals surface area contributed by atoms with Crippen LogP contribution in [-0.4, -0.2) is 34.7 Å². The molecule has 0 aromatic carbocycles. The van der Waals surface area contributed by atoms with Crippen LogP contribution >= 0.6 is 0 Å². The van der Waals surface area contributed by atoms with Crippen LogP contribution in [0, 0.1) is 0 Å². The van der Waals surface area contributed by atoms with Crippen molar-refractivity contribution in [3.05, 3.63) is 0 Å². The molecule has 0 aliphatic carbocycles. The van der Waals surface area contributed by atoms with Gasteiger partial charge in [0.1, 0.15) is 6.10 Å². The average molecular weight is 442 g/mol. The van der Waals surface area contributed by atoms with Gasteiger partial charge in [0.2, 0.25) is 5.91 Å². The Kier molecular flexibility index (Phi) is 22.7. The first-order valence-corrected chi connectivity index (χ1v) is 13.3. The number of carbonyl (C=O) groups excluding carboxylic acids is 1. The Morgan fingerprint density at radius 1 is 0.613 bits per heavy atom. The van der Waals surface area contributed by atoms with Crippen LogP contribution in [0.2, 0.25) is 0 Å². The van der Waals surface area contributed by atoms with Crippen molar-refractivity contribution < 1.29 is 19.8 Å². The first-order valence-electron chi connectivity index (χ1n) is 13.3. The smallest absolute Gasteiger partial charge is 0.306 e. The summed E-state index contributed by atoms with van der Waals surface area (Å²) in [5, 5.41) is 20.5. The van der Waals surface area contributed by atoms with E-state index in [9.17, 15) is 14.7 Å². The van der Waals surface area contributed by atoms with Crippen molar-refractivity contribution >= 4 is 11.9 Å². The number of rotatable bonds is 24. The summed E-state index contributed by atoms with van der Waals surface area (Å²) in [7, 11) is 0. The maximum Gasteiger partial charge on any atom is 0.306 e. The minimum atomic E-state index is -1.44. The van der Waals surface area contributed by atoms with E-state index in [-0.39, 0.29) is 0 Å². The Hall–Kier alpha value is -1.10. The molecule has 5 heteroatoms. The summed E-state index contributed by atoms with van der Waals surface area (Å²) in [6, 6.07) is 0. The molecule has 0 aliphatic heterocycles. The number of carboxylic acid groups (broad SMARTS) is 1. The minimum absolute atomic E-state index is 0.508. The molecule has 0 fully saturated rings. The van der Waals surface area contributed by atoms with Crippen LogP contribution in [0.1, 0.15) is 142 Å². The number of amides is 1. The highest BCUT2D eigenvalue weighted by atomic mass is 16.4. The summed E-state index contributed by atoms with van der Waals surface area (Å²) < 4.78 is 0. The van der Waals surface area contributed by atoms with E-state index >= 15 is 0 Å². The SMILES string of the molecule is CCCCCCCCCCCCCCCCCCCCCCNC(=O)C(O)CC(=O)O. The van der Waals surface area contributed by atoms with Gasteiger partial charge < -0.3 is 15.5 Å². The second-order valence-electron chi connectivity index (χ2n) is 9.12. The molecule has 5 nitrogen and oxygen atoms in total. The summed E-state index contributed by atoms with van der Waals surface area (Å²) in [5.74, 6) is -1.75. The zero-order valence-electron chi connectivity index (χ0n) is 20.3. The molecule has 0 bridgehead atoms. The third-order valence-corrected chi connectivity index (χ3v) is 6.00. The number of carbonyl (C=O) groups is 2. The Labute approximate surface area is 191 Å². The van der Waals surface area contributed by atoms with Crippen LogP contribution in [0.3, 0.4) is 0 Å². The first kappa shape index (κ1) is 29.9. The fourth-order valence-electron chi connectivity index (χ4n) is 3.97. The van der Waals surface area contributed by atoms with Gasteiger partial charge in [0, 0.05) is 6.54 Å². The largest absolute Gasteiger partial charge is 0.481 e. The number of aliphatic hydroxyl groups excluding tert-OH is 1. The lowest BCUT2D eigenvalue weighted by Crippen LogP contribution is -2.36. The Morgan fingerprint density at radius 2 is 0.935 bits per heavy atom. The van der Waals surface area contributed by atoms with Gasteiger partial charge in [-0.05, 0) is 6.42 Å². The maximum absolute atomic E-state index is 11.5. The van der Waals surface area contributed by atoms with E-state index in [1.807, 2.05) is 0 Å². The van der Waals surface area contributed by atoms with Crippen molar-refractivity contribution in [2.24, 2.45) is 0 Å². The lowest BCUT2D eigenvalue weighted by Gasteiger charge is -2.09. The number of hydrogen-bond donors (Lipinski definition) is 3. The third kappa shape index (κ3) is 23.4. The van der Waals surface area contributed by atoms with E-state index in [0.717, 1.165) is 12.8 Å². The van der Waals surface area contributed by atoms with Crippen LogP contribution in [-0.2, 0) is 9.59 Å². The third-order valence-electron chi connectivity index (χ3n) is 6.00. The predicted molar refractivity (Wildman–Crippen MR) is 129 cm³/mol. The predicted octanol–water partition coefficient (Wildman–Crippen LogP) is 6.76. The monoisotopic (exact) mass is 441 g/mol. The fraction of sp³-hybridized carbons (Fsp3) is 0.923. The molecule has 1 amide bonds. The van der Waals surface area contributed by atoms with Crippen molar-refractivity contribution in [3.8, 4) is 0 Å². The molecule has 0 spiro atoms. The summed E-state index contributed by atoms with van der Waals surface area (Å²) in [4.78, 5) is 21.9. The molecule has 1 atom stereocenters. The van der Waals surface area contributed by atoms with Crippen LogP contribution < -0.4 is 5.32 Å². The molecule has 0 aliphatic rings. The van der Waals surface area contributed by atoms with Crippen LogP contribution in [0.5, 0.6) is 0 Å². The molecule has 0 aromatic rings. The van der Waals surface area contributed by atoms with E-state index in [4.69, 9.17) is 5.11 Å². The highest BCUT2D eigenvalue weighted by molar-refractivity contribution is 5.84. The van der Waals surface area contributed by atoms with E-state index in [1.165, 1.54) is 116 Å². The van der Waals surface area contributed by atoms with Gasteiger partial charge in [-0.2, -0.15) is 0 Å². The van der Waals surface area contributed by atoms with Crippen LogP contribution in [0.15, 0.2) is 0 Å². The number of nitrogens with one attached hydrogen (secondary N) is 1. The fourth-order valence-corrected chi connectivity index (χ4v) is 3.97. The Morgan fingerprint density at radius 3 is 1.26 bits per heavy atom. The molecule has 0 heterocycles. The summed E-state index contributed by atoms with van der Waals surface area (Å²) in [6.45, 7) is 2.79. The average Bonchev–Trinajstić information content (AvgIpc) is 2.74. The van der Waals surface area contributed by atoms with Gasteiger partial charge in [0.15, 0.2) is 0 Å². The van der Waals surface area contributed by atoms with Gasteiger partial charge in [-0.25, -0.2) is 0 Å². The van der Waals surface area contributed by atoms with Crippen molar-refractivity contribution in [1.29, 1.82) is 0 Å². The van der Waals surface area contributed by atoms with Crippen LogP contribution in [0.25, 0.3) is 0 Å². The van der Waals surface area contributed by atoms with Gasteiger partial charge in [0.05, 0.1) is 6.42 Å². The first-order chi connectivity index (χ1) is 15.1. The normalized spacial score (nSPS) is 12.1. The molecular formula is C26H51NO4. The molecule has 0 radical (unpaired) electrons. The van der Waals surface area contributed by atoms with Gasteiger partial charge in [-0.3, -0.25) is 9.59 Å². The van der Waals surface area contributed by atoms with E-state index in [1.54, 1.807) is 0 Å². The van der Waals surface area contributed by atoms with Gasteiger partial charge in [0.25, 0.3) is 0 Å². The molecule has 31 heavy (non-hydrogen) atoms. The van der Waals surface area contributed by atoms with E-state index < -0.39 is 24.4 Å². The van der Waals surface area contributed by atoms with Crippen molar-refractivity contribution in [1.82, 2.24) is 5.32 Å². The van der Waals surface area contributed by atoms with Crippen molar-refractivity contribution in [3.63, 3.8) is 0 Å². The molecule has 0 saturated carbocycles. The number of aliphatic carboxylic acids is 1. The topological polar surface area (TPSA) is 86.6 Å². The molecule has 0 aromatic heterocycles.